The Morgan fingerprint density at radius 1 is 1.29 bits per heavy atom. The Bertz CT molecular complexity index is 315. The third kappa shape index (κ3) is 4.46. The summed E-state index contributed by atoms with van der Waals surface area (Å²) in [4.78, 5) is 2.30. The summed E-state index contributed by atoms with van der Waals surface area (Å²) in [7, 11) is 2.14. The highest BCUT2D eigenvalue weighted by molar-refractivity contribution is 5.13. The highest BCUT2D eigenvalue weighted by atomic mass is 16.5. The van der Waals surface area contributed by atoms with Crippen molar-refractivity contribution < 1.29 is 9.47 Å². The van der Waals surface area contributed by atoms with E-state index >= 15 is 0 Å². The first-order chi connectivity index (χ1) is 8.34. The normalized spacial score (nSPS) is 22.3. The lowest BCUT2D eigenvalue weighted by Gasteiger charge is -2.15. The molecule has 2 rings (SSSR count). The lowest BCUT2D eigenvalue weighted by molar-refractivity contribution is -0.0157. The Morgan fingerprint density at radius 2 is 2.12 bits per heavy atom. The fourth-order valence-electron chi connectivity index (χ4n) is 1.95. The standard InChI is InChI=1S/C14H21NO2/c1-15-8-7-14(17-10-9-15)12-16-11-13-5-3-2-4-6-13/h2-6,14H,7-12H2,1H3. The Kier molecular flexibility index (Phi) is 4.98. The van der Waals surface area contributed by atoms with Gasteiger partial charge in [0.05, 0.1) is 25.9 Å². The lowest BCUT2D eigenvalue weighted by Crippen LogP contribution is -2.21. The minimum Gasteiger partial charge on any atom is -0.374 e. The van der Waals surface area contributed by atoms with Crippen molar-refractivity contribution in [3.63, 3.8) is 0 Å². The second-order valence-corrected chi connectivity index (χ2v) is 4.59. The smallest absolute Gasteiger partial charge is 0.0821 e. The summed E-state index contributed by atoms with van der Waals surface area (Å²) in [6.07, 6.45) is 1.31. The molecule has 1 heterocycles. The van der Waals surface area contributed by atoms with Crippen molar-refractivity contribution in [1.82, 2.24) is 4.90 Å². The minimum absolute atomic E-state index is 0.253. The van der Waals surface area contributed by atoms with Gasteiger partial charge in [-0.05, 0) is 19.0 Å². The fourth-order valence-corrected chi connectivity index (χ4v) is 1.95. The Labute approximate surface area is 103 Å². The van der Waals surface area contributed by atoms with Crippen molar-refractivity contribution >= 4 is 0 Å². The van der Waals surface area contributed by atoms with Crippen LogP contribution in [0.15, 0.2) is 30.3 Å². The number of ether oxygens (including phenoxy) is 2. The van der Waals surface area contributed by atoms with Gasteiger partial charge in [-0.1, -0.05) is 30.3 Å². The molecule has 1 aromatic carbocycles. The number of hydrogen-bond donors (Lipinski definition) is 0. The van der Waals surface area contributed by atoms with Crippen LogP contribution in [0.25, 0.3) is 0 Å². The third-order valence-corrected chi connectivity index (χ3v) is 3.07. The van der Waals surface area contributed by atoms with Crippen LogP contribution in [0, 0.1) is 0 Å². The molecule has 0 amide bonds. The molecule has 0 bridgehead atoms. The van der Waals surface area contributed by atoms with Gasteiger partial charge in [-0.25, -0.2) is 0 Å². The molecule has 3 heteroatoms. The molecule has 3 nitrogen and oxygen atoms in total. The summed E-state index contributed by atoms with van der Waals surface area (Å²) in [5, 5.41) is 0. The second-order valence-electron chi connectivity index (χ2n) is 4.59. The van der Waals surface area contributed by atoms with Crippen molar-refractivity contribution in [2.75, 3.05) is 33.4 Å². The number of hydrogen-bond acceptors (Lipinski definition) is 3. The van der Waals surface area contributed by atoms with Gasteiger partial charge >= 0.3 is 0 Å². The van der Waals surface area contributed by atoms with E-state index in [1.165, 1.54) is 5.56 Å². The van der Waals surface area contributed by atoms with Gasteiger partial charge in [0, 0.05) is 13.1 Å². The zero-order valence-electron chi connectivity index (χ0n) is 10.5. The van der Waals surface area contributed by atoms with E-state index in [-0.39, 0.29) is 6.10 Å². The zero-order valence-corrected chi connectivity index (χ0v) is 10.5. The van der Waals surface area contributed by atoms with E-state index in [0.717, 1.165) is 26.1 Å². The maximum atomic E-state index is 5.74. The zero-order chi connectivity index (χ0) is 11.9. The molecule has 0 saturated carbocycles. The molecule has 0 radical (unpaired) electrons. The summed E-state index contributed by atoms with van der Waals surface area (Å²) in [5.41, 5.74) is 1.22. The first-order valence-corrected chi connectivity index (χ1v) is 6.26. The highest BCUT2D eigenvalue weighted by Gasteiger charge is 2.14. The fraction of sp³-hybridized carbons (Fsp3) is 0.571. The highest BCUT2D eigenvalue weighted by Crippen LogP contribution is 2.08. The molecule has 1 atom stereocenters. The molecule has 1 aliphatic rings. The van der Waals surface area contributed by atoms with E-state index in [9.17, 15) is 0 Å². The van der Waals surface area contributed by atoms with E-state index in [4.69, 9.17) is 9.47 Å². The number of rotatable bonds is 4. The van der Waals surface area contributed by atoms with Crippen molar-refractivity contribution in [2.45, 2.75) is 19.1 Å². The van der Waals surface area contributed by atoms with Crippen LogP contribution in [0.4, 0.5) is 0 Å². The van der Waals surface area contributed by atoms with E-state index < -0.39 is 0 Å². The summed E-state index contributed by atoms with van der Waals surface area (Å²) in [6.45, 7) is 4.31. The molecule has 1 saturated heterocycles. The molecule has 0 aromatic heterocycles. The molecule has 1 unspecified atom stereocenters. The van der Waals surface area contributed by atoms with Crippen molar-refractivity contribution in [3.05, 3.63) is 35.9 Å². The predicted octanol–water partition coefficient (Wildman–Crippen LogP) is 1.92. The Hall–Kier alpha value is -0.900. The monoisotopic (exact) mass is 235 g/mol. The first kappa shape index (κ1) is 12.6. The quantitative estimate of drug-likeness (QED) is 0.796. The van der Waals surface area contributed by atoms with Gasteiger partial charge in [0.1, 0.15) is 0 Å². The Morgan fingerprint density at radius 3 is 2.94 bits per heavy atom. The molecular formula is C14H21NO2. The largest absolute Gasteiger partial charge is 0.374 e. The van der Waals surface area contributed by atoms with Gasteiger partial charge in [0.2, 0.25) is 0 Å². The van der Waals surface area contributed by atoms with Crippen LogP contribution < -0.4 is 0 Å². The molecule has 1 aliphatic heterocycles. The van der Waals surface area contributed by atoms with Gasteiger partial charge in [-0.3, -0.25) is 0 Å². The lowest BCUT2D eigenvalue weighted by atomic mass is 10.2. The number of benzene rings is 1. The van der Waals surface area contributed by atoms with Crippen molar-refractivity contribution in [1.29, 1.82) is 0 Å². The number of nitrogens with zero attached hydrogens (tertiary/aromatic N) is 1. The van der Waals surface area contributed by atoms with Crippen molar-refractivity contribution in [3.8, 4) is 0 Å². The van der Waals surface area contributed by atoms with Crippen LogP contribution in [0.1, 0.15) is 12.0 Å². The molecule has 0 aliphatic carbocycles. The Balaban J connectivity index is 1.68. The minimum atomic E-state index is 0.253. The third-order valence-electron chi connectivity index (χ3n) is 3.07. The molecule has 0 N–H and O–H groups in total. The van der Waals surface area contributed by atoms with Gasteiger partial charge in [0.25, 0.3) is 0 Å². The molecule has 1 fully saturated rings. The van der Waals surface area contributed by atoms with E-state index in [1.807, 2.05) is 18.2 Å². The summed E-state index contributed by atoms with van der Waals surface area (Å²) >= 11 is 0. The first-order valence-electron chi connectivity index (χ1n) is 6.26. The maximum absolute atomic E-state index is 5.74. The van der Waals surface area contributed by atoms with Gasteiger partial charge in [-0.15, -0.1) is 0 Å². The summed E-state index contributed by atoms with van der Waals surface area (Å²) < 4.78 is 11.5. The predicted molar refractivity (Wildman–Crippen MR) is 68.0 cm³/mol. The second kappa shape index (κ2) is 6.74. The van der Waals surface area contributed by atoms with Crippen LogP contribution in [0.5, 0.6) is 0 Å². The number of likely N-dealkylation sites (N-methyl/N-ethyl adjacent to an activating group) is 1. The van der Waals surface area contributed by atoms with Crippen LogP contribution >= 0.6 is 0 Å². The van der Waals surface area contributed by atoms with Crippen LogP contribution in [-0.4, -0.2) is 44.4 Å². The average Bonchev–Trinajstić information content (AvgIpc) is 2.56. The molecule has 1 aromatic rings. The molecule has 0 spiro atoms. The van der Waals surface area contributed by atoms with E-state index in [1.54, 1.807) is 0 Å². The maximum Gasteiger partial charge on any atom is 0.0821 e. The summed E-state index contributed by atoms with van der Waals surface area (Å²) in [5.74, 6) is 0. The average molecular weight is 235 g/mol. The van der Waals surface area contributed by atoms with Gasteiger partial charge in [0.15, 0.2) is 0 Å². The molecule has 94 valence electrons. The van der Waals surface area contributed by atoms with E-state index in [2.05, 4.69) is 24.1 Å². The molecular weight excluding hydrogens is 214 g/mol. The SMILES string of the molecule is CN1CCOC(COCc2ccccc2)CC1. The van der Waals surface area contributed by atoms with Gasteiger partial charge in [-0.2, -0.15) is 0 Å². The van der Waals surface area contributed by atoms with Crippen LogP contribution in [0.3, 0.4) is 0 Å². The van der Waals surface area contributed by atoms with Crippen LogP contribution in [0.2, 0.25) is 0 Å². The molecule has 17 heavy (non-hydrogen) atoms. The van der Waals surface area contributed by atoms with Crippen molar-refractivity contribution in [2.24, 2.45) is 0 Å². The van der Waals surface area contributed by atoms with Crippen LogP contribution in [-0.2, 0) is 16.1 Å². The topological polar surface area (TPSA) is 21.7 Å². The van der Waals surface area contributed by atoms with E-state index in [0.29, 0.717) is 13.2 Å². The van der Waals surface area contributed by atoms with Gasteiger partial charge < -0.3 is 14.4 Å². The summed E-state index contributed by atoms with van der Waals surface area (Å²) in [6, 6.07) is 10.3.